The van der Waals surface area contributed by atoms with E-state index < -0.39 is 0 Å². The normalized spacial score (nSPS) is 15.5. The maximum Gasteiger partial charge on any atom is 0.163 e. The molecule has 0 aliphatic carbocycles. The minimum absolute atomic E-state index is 0.509. The Morgan fingerprint density at radius 3 is 2.42 bits per heavy atom. The third-order valence-corrected chi connectivity index (χ3v) is 3.59. The zero-order valence-electron chi connectivity index (χ0n) is 10.7. The summed E-state index contributed by atoms with van der Waals surface area (Å²) in [4.78, 5) is 11.3. The van der Waals surface area contributed by atoms with Crippen LogP contribution in [0.15, 0.2) is 36.4 Å². The van der Waals surface area contributed by atoms with Crippen molar-refractivity contribution < 1.29 is 0 Å². The maximum atomic E-state index is 6.14. The van der Waals surface area contributed by atoms with E-state index in [4.69, 9.17) is 11.6 Å². The van der Waals surface area contributed by atoms with Crippen LogP contribution in [0.3, 0.4) is 0 Å². The topological polar surface area (TPSA) is 29.0 Å². The molecule has 2 aromatic rings. The van der Waals surface area contributed by atoms with Crippen LogP contribution in [0.25, 0.3) is 11.4 Å². The fraction of sp³-hybridized carbons (Fsp3) is 0.333. The molecular formula is C15H16ClN3. The van der Waals surface area contributed by atoms with Crippen molar-refractivity contribution in [2.75, 3.05) is 18.0 Å². The average Bonchev–Trinajstić information content (AvgIpc) is 2.48. The van der Waals surface area contributed by atoms with E-state index in [1.54, 1.807) is 0 Å². The summed E-state index contributed by atoms with van der Waals surface area (Å²) in [6, 6.07) is 11.8. The van der Waals surface area contributed by atoms with Crippen molar-refractivity contribution in [2.24, 2.45) is 0 Å². The zero-order valence-corrected chi connectivity index (χ0v) is 11.5. The third kappa shape index (κ3) is 2.87. The van der Waals surface area contributed by atoms with Crippen molar-refractivity contribution in [3.05, 3.63) is 41.6 Å². The molecule has 1 aliphatic rings. The SMILES string of the molecule is Clc1cc(N2CCCCC2)nc(-c2ccccc2)n1. The molecule has 1 fully saturated rings. The first-order valence-electron chi connectivity index (χ1n) is 6.68. The zero-order chi connectivity index (χ0) is 13.1. The van der Waals surface area contributed by atoms with Gasteiger partial charge in [-0.3, -0.25) is 0 Å². The molecular weight excluding hydrogens is 258 g/mol. The number of hydrogen-bond donors (Lipinski definition) is 0. The van der Waals surface area contributed by atoms with Crippen molar-refractivity contribution in [3.63, 3.8) is 0 Å². The number of hydrogen-bond acceptors (Lipinski definition) is 3. The van der Waals surface area contributed by atoms with Crippen LogP contribution < -0.4 is 4.90 Å². The van der Waals surface area contributed by atoms with Gasteiger partial charge in [0.1, 0.15) is 11.0 Å². The summed E-state index contributed by atoms with van der Waals surface area (Å²) < 4.78 is 0. The van der Waals surface area contributed by atoms with Gasteiger partial charge in [-0.2, -0.15) is 0 Å². The van der Waals surface area contributed by atoms with Gasteiger partial charge in [0.05, 0.1) is 0 Å². The first-order chi connectivity index (χ1) is 9.33. The quantitative estimate of drug-likeness (QED) is 0.780. The Labute approximate surface area is 118 Å². The van der Waals surface area contributed by atoms with Crippen molar-refractivity contribution in [1.82, 2.24) is 9.97 Å². The summed E-state index contributed by atoms with van der Waals surface area (Å²) in [5.74, 6) is 1.65. The molecule has 0 saturated carbocycles. The molecule has 1 aromatic carbocycles. The van der Waals surface area contributed by atoms with Gasteiger partial charge in [-0.1, -0.05) is 41.9 Å². The van der Waals surface area contributed by atoms with Crippen LogP contribution in [0.4, 0.5) is 5.82 Å². The van der Waals surface area contributed by atoms with Crippen LogP contribution in [0.5, 0.6) is 0 Å². The summed E-state index contributed by atoms with van der Waals surface area (Å²) in [6.07, 6.45) is 3.76. The Balaban J connectivity index is 1.96. The minimum atomic E-state index is 0.509. The first kappa shape index (κ1) is 12.4. The average molecular weight is 274 g/mol. The van der Waals surface area contributed by atoms with Crippen LogP contribution in [-0.2, 0) is 0 Å². The maximum absolute atomic E-state index is 6.14. The first-order valence-corrected chi connectivity index (χ1v) is 7.06. The van der Waals surface area contributed by atoms with Gasteiger partial charge in [0.2, 0.25) is 0 Å². The fourth-order valence-electron chi connectivity index (χ4n) is 2.41. The van der Waals surface area contributed by atoms with Gasteiger partial charge in [0, 0.05) is 24.7 Å². The van der Waals surface area contributed by atoms with Gasteiger partial charge < -0.3 is 4.90 Å². The van der Waals surface area contributed by atoms with Crippen LogP contribution in [-0.4, -0.2) is 23.1 Å². The van der Waals surface area contributed by atoms with Crippen molar-refractivity contribution in [2.45, 2.75) is 19.3 Å². The molecule has 3 nitrogen and oxygen atoms in total. The van der Waals surface area contributed by atoms with E-state index in [2.05, 4.69) is 14.9 Å². The minimum Gasteiger partial charge on any atom is -0.356 e. The Hall–Kier alpha value is -1.61. The van der Waals surface area contributed by atoms with Crippen LogP contribution >= 0.6 is 11.6 Å². The second-order valence-corrected chi connectivity index (χ2v) is 5.17. The number of anilines is 1. The molecule has 0 spiro atoms. The Bertz CT molecular complexity index is 551. The van der Waals surface area contributed by atoms with E-state index in [1.165, 1.54) is 19.3 Å². The second kappa shape index (κ2) is 5.57. The van der Waals surface area contributed by atoms with E-state index >= 15 is 0 Å². The monoisotopic (exact) mass is 273 g/mol. The van der Waals surface area contributed by atoms with E-state index in [0.29, 0.717) is 11.0 Å². The molecule has 0 amide bonds. The lowest BCUT2D eigenvalue weighted by Crippen LogP contribution is -2.30. The smallest absolute Gasteiger partial charge is 0.163 e. The number of halogens is 1. The fourth-order valence-corrected chi connectivity index (χ4v) is 2.58. The molecule has 4 heteroatoms. The van der Waals surface area contributed by atoms with Gasteiger partial charge in [0.15, 0.2) is 5.82 Å². The molecule has 2 heterocycles. The Kier molecular flexibility index (Phi) is 3.65. The third-order valence-electron chi connectivity index (χ3n) is 3.39. The lowest BCUT2D eigenvalue weighted by Gasteiger charge is -2.27. The van der Waals surface area contributed by atoms with Crippen molar-refractivity contribution in [3.8, 4) is 11.4 Å². The van der Waals surface area contributed by atoms with Crippen LogP contribution in [0.1, 0.15) is 19.3 Å². The molecule has 3 rings (SSSR count). The molecule has 98 valence electrons. The summed E-state index contributed by atoms with van der Waals surface area (Å²) in [5.41, 5.74) is 1.00. The highest BCUT2D eigenvalue weighted by molar-refractivity contribution is 6.29. The molecule has 0 atom stereocenters. The second-order valence-electron chi connectivity index (χ2n) is 4.79. The molecule has 0 radical (unpaired) electrons. The predicted molar refractivity (Wildman–Crippen MR) is 78.5 cm³/mol. The van der Waals surface area contributed by atoms with Gasteiger partial charge in [-0.05, 0) is 19.3 Å². The predicted octanol–water partition coefficient (Wildman–Crippen LogP) is 3.79. The summed E-state index contributed by atoms with van der Waals surface area (Å²) in [6.45, 7) is 2.11. The number of aromatic nitrogens is 2. The van der Waals surface area contributed by atoms with Gasteiger partial charge in [-0.15, -0.1) is 0 Å². The van der Waals surface area contributed by atoms with Gasteiger partial charge in [-0.25, -0.2) is 9.97 Å². The van der Waals surface area contributed by atoms with E-state index in [9.17, 15) is 0 Å². The van der Waals surface area contributed by atoms with Crippen molar-refractivity contribution in [1.29, 1.82) is 0 Å². The van der Waals surface area contributed by atoms with E-state index in [0.717, 1.165) is 24.5 Å². The van der Waals surface area contributed by atoms with E-state index in [-0.39, 0.29) is 0 Å². The molecule has 0 N–H and O–H groups in total. The molecule has 1 saturated heterocycles. The van der Waals surface area contributed by atoms with Crippen LogP contribution in [0.2, 0.25) is 5.15 Å². The standard InChI is InChI=1S/C15H16ClN3/c16-13-11-14(19-9-5-2-6-10-19)18-15(17-13)12-7-3-1-4-8-12/h1,3-4,7-8,11H,2,5-6,9-10H2. The number of benzene rings is 1. The van der Waals surface area contributed by atoms with Gasteiger partial charge >= 0.3 is 0 Å². The molecule has 1 aromatic heterocycles. The Morgan fingerprint density at radius 2 is 1.68 bits per heavy atom. The lowest BCUT2D eigenvalue weighted by atomic mass is 10.1. The van der Waals surface area contributed by atoms with Crippen LogP contribution in [0, 0.1) is 0 Å². The largest absolute Gasteiger partial charge is 0.356 e. The van der Waals surface area contributed by atoms with Gasteiger partial charge in [0.25, 0.3) is 0 Å². The highest BCUT2D eigenvalue weighted by Gasteiger charge is 2.14. The number of rotatable bonds is 2. The summed E-state index contributed by atoms with van der Waals surface area (Å²) in [5, 5.41) is 0.509. The molecule has 1 aliphatic heterocycles. The lowest BCUT2D eigenvalue weighted by molar-refractivity contribution is 0.573. The molecule has 0 unspecified atom stereocenters. The van der Waals surface area contributed by atoms with Crippen molar-refractivity contribution >= 4 is 17.4 Å². The molecule has 0 bridgehead atoms. The summed E-state index contributed by atoms with van der Waals surface area (Å²) in [7, 11) is 0. The highest BCUT2D eigenvalue weighted by Crippen LogP contribution is 2.24. The highest BCUT2D eigenvalue weighted by atomic mass is 35.5. The number of piperidine rings is 1. The summed E-state index contributed by atoms with van der Waals surface area (Å²) >= 11 is 6.14. The van der Waals surface area contributed by atoms with E-state index in [1.807, 2.05) is 36.4 Å². The molecule has 19 heavy (non-hydrogen) atoms. The number of nitrogens with zero attached hydrogens (tertiary/aromatic N) is 3. The Morgan fingerprint density at radius 1 is 0.947 bits per heavy atom.